The topological polar surface area (TPSA) is 53.5 Å². The number of anilines is 2. The molecule has 0 bridgehead atoms. The summed E-state index contributed by atoms with van der Waals surface area (Å²) in [5.74, 6) is 1.76. The molecule has 1 fully saturated rings. The third-order valence-corrected chi connectivity index (χ3v) is 3.79. The van der Waals surface area contributed by atoms with Crippen molar-refractivity contribution in [2.45, 2.75) is 20.3 Å². The molecule has 21 heavy (non-hydrogen) atoms. The molecule has 0 aromatic carbocycles. The molecular weight excluding hydrogens is 266 g/mol. The predicted molar refractivity (Wildman–Crippen MR) is 86.1 cm³/mol. The molecule has 0 spiro atoms. The van der Waals surface area contributed by atoms with E-state index in [1.807, 2.05) is 6.92 Å². The molecule has 1 aromatic heterocycles. The molecule has 0 radical (unpaired) electrons. The Balaban J connectivity index is 1.95. The maximum Gasteiger partial charge on any atom is 0.224 e. The lowest BCUT2D eigenvalue weighted by atomic mass is 10.3. The van der Waals surface area contributed by atoms with Crippen LogP contribution in [0.3, 0.4) is 0 Å². The first kappa shape index (κ1) is 16.0. The lowest BCUT2D eigenvalue weighted by Crippen LogP contribution is -2.46. The maximum absolute atomic E-state index is 5.05. The normalized spacial score (nSPS) is 16.2. The van der Waals surface area contributed by atoms with Crippen LogP contribution in [0.4, 0.5) is 11.8 Å². The average Bonchev–Trinajstić information content (AvgIpc) is 2.51. The Morgan fingerprint density at radius 2 is 2.00 bits per heavy atom. The molecule has 6 heteroatoms. The van der Waals surface area contributed by atoms with Crippen LogP contribution in [0.15, 0.2) is 6.07 Å². The Morgan fingerprint density at radius 3 is 2.67 bits per heavy atom. The van der Waals surface area contributed by atoms with Gasteiger partial charge in [0.2, 0.25) is 5.95 Å². The molecular formula is C15H27N5O. The largest absolute Gasteiger partial charge is 0.385 e. The van der Waals surface area contributed by atoms with Crippen LogP contribution in [0.25, 0.3) is 0 Å². The van der Waals surface area contributed by atoms with Gasteiger partial charge in [0.25, 0.3) is 0 Å². The van der Waals surface area contributed by atoms with Crippen molar-refractivity contribution in [3.05, 3.63) is 11.8 Å². The molecule has 2 heterocycles. The molecule has 0 amide bonds. The number of hydrogen-bond donors (Lipinski definition) is 1. The van der Waals surface area contributed by atoms with Crippen molar-refractivity contribution in [2.75, 3.05) is 63.2 Å². The molecule has 0 aliphatic carbocycles. The van der Waals surface area contributed by atoms with E-state index in [1.54, 1.807) is 7.11 Å². The molecule has 1 aliphatic heterocycles. The number of methoxy groups -OCH3 is 1. The summed E-state index contributed by atoms with van der Waals surface area (Å²) in [5, 5.41) is 3.28. The van der Waals surface area contributed by atoms with Gasteiger partial charge in [-0.15, -0.1) is 0 Å². The number of likely N-dealkylation sites (N-methyl/N-ethyl adjacent to an activating group) is 1. The molecule has 2 rings (SSSR count). The van der Waals surface area contributed by atoms with Gasteiger partial charge in [0, 0.05) is 58.2 Å². The molecule has 1 N–H and O–H groups in total. The number of ether oxygens (including phenoxy) is 1. The SMILES string of the molecule is CCN1CCN(c2cc(C)nc(NCCCOC)n2)CC1. The number of nitrogens with zero attached hydrogens (tertiary/aromatic N) is 4. The summed E-state index contributed by atoms with van der Waals surface area (Å²) in [6.07, 6.45) is 0.957. The van der Waals surface area contributed by atoms with E-state index >= 15 is 0 Å². The molecule has 0 saturated carbocycles. The van der Waals surface area contributed by atoms with Gasteiger partial charge in [0.1, 0.15) is 5.82 Å². The van der Waals surface area contributed by atoms with Gasteiger partial charge < -0.3 is 19.9 Å². The second-order valence-corrected chi connectivity index (χ2v) is 5.39. The second kappa shape index (κ2) is 8.14. The zero-order valence-electron chi connectivity index (χ0n) is 13.4. The monoisotopic (exact) mass is 293 g/mol. The van der Waals surface area contributed by atoms with Crippen molar-refractivity contribution in [1.82, 2.24) is 14.9 Å². The standard InChI is InChI=1S/C15H27N5O/c1-4-19-7-9-20(10-8-19)14-12-13(2)17-15(18-14)16-6-5-11-21-3/h12H,4-11H2,1-3H3,(H,16,17,18). The first-order valence-electron chi connectivity index (χ1n) is 7.78. The van der Waals surface area contributed by atoms with Crippen molar-refractivity contribution in [3.8, 4) is 0 Å². The zero-order chi connectivity index (χ0) is 15.1. The van der Waals surface area contributed by atoms with Crippen LogP contribution < -0.4 is 10.2 Å². The van der Waals surface area contributed by atoms with Gasteiger partial charge in [-0.3, -0.25) is 0 Å². The maximum atomic E-state index is 5.05. The van der Waals surface area contributed by atoms with E-state index in [0.717, 1.165) is 69.8 Å². The van der Waals surface area contributed by atoms with Crippen LogP contribution in [0.2, 0.25) is 0 Å². The van der Waals surface area contributed by atoms with Gasteiger partial charge in [-0.05, 0) is 19.9 Å². The second-order valence-electron chi connectivity index (χ2n) is 5.39. The minimum atomic E-state index is 0.721. The van der Waals surface area contributed by atoms with Crippen molar-refractivity contribution in [1.29, 1.82) is 0 Å². The highest BCUT2D eigenvalue weighted by atomic mass is 16.5. The Labute approximate surface area is 127 Å². The predicted octanol–water partition coefficient (Wildman–Crippen LogP) is 1.38. The summed E-state index contributed by atoms with van der Waals surface area (Å²) >= 11 is 0. The Morgan fingerprint density at radius 1 is 1.24 bits per heavy atom. The van der Waals surface area contributed by atoms with E-state index in [-0.39, 0.29) is 0 Å². The van der Waals surface area contributed by atoms with Gasteiger partial charge in [0.15, 0.2) is 0 Å². The van der Waals surface area contributed by atoms with E-state index in [1.165, 1.54) is 0 Å². The fraction of sp³-hybridized carbons (Fsp3) is 0.733. The quantitative estimate of drug-likeness (QED) is 0.767. The Bertz CT molecular complexity index is 432. The van der Waals surface area contributed by atoms with Crippen molar-refractivity contribution in [2.24, 2.45) is 0 Å². The lowest BCUT2D eigenvalue weighted by Gasteiger charge is -2.34. The van der Waals surface area contributed by atoms with Crippen LogP contribution in [0.1, 0.15) is 19.0 Å². The average molecular weight is 293 g/mol. The fourth-order valence-electron chi connectivity index (χ4n) is 2.50. The van der Waals surface area contributed by atoms with E-state index in [2.05, 4.69) is 38.1 Å². The molecule has 0 unspecified atom stereocenters. The number of aryl methyl sites for hydroxylation is 1. The minimum Gasteiger partial charge on any atom is -0.385 e. The van der Waals surface area contributed by atoms with Crippen LogP contribution in [-0.4, -0.2) is 67.9 Å². The van der Waals surface area contributed by atoms with Crippen LogP contribution in [0.5, 0.6) is 0 Å². The van der Waals surface area contributed by atoms with Gasteiger partial charge in [-0.2, -0.15) is 4.98 Å². The summed E-state index contributed by atoms with van der Waals surface area (Å²) in [6.45, 7) is 11.2. The van der Waals surface area contributed by atoms with Crippen molar-refractivity contribution >= 4 is 11.8 Å². The third kappa shape index (κ3) is 4.82. The van der Waals surface area contributed by atoms with Crippen LogP contribution in [-0.2, 0) is 4.74 Å². The molecule has 1 aliphatic rings. The van der Waals surface area contributed by atoms with E-state index in [4.69, 9.17) is 4.74 Å². The van der Waals surface area contributed by atoms with E-state index in [9.17, 15) is 0 Å². The minimum absolute atomic E-state index is 0.721. The first-order valence-corrected chi connectivity index (χ1v) is 7.78. The molecule has 118 valence electrons. The van der Waals surface area contributed by atoms with Crippen LogP contribution >= 0.6 is 0 Å². The summed E-state index contributed by atoms with van der Waals surface area (Å²) in [6, 6.07) is 2.07. The molecule has 6 nitrogen and oxygen atoms in total. The van der Waals surface area contributed by atoms with Gasteiger partial charge >= 0.3 is 0 Å². The Kier molecular flexibility index (Phi) is 6.20. The third-order valence-electron chi connectivity index (χ3n) is 3.79. The first-order chi connectivity index (χ1) is 10.2. The number of aromatic nitrogens is 2. The van der Waals surface area contributed by atoms with Crippen molar-refractivity contribution in [3.63, 3.8) is 0 Å². The highest BCUT2D eigenvalue weighted by Gasteiger charge is 2.17. The fourth-order valence-corrected chi connectivity index (χ4v) is 2.50. The zero-order valence-corrected chi connectivity index (χ0v) is 13.4. The lowest BCUT2D eigenvalue weighted by molar-refractivity contribution is 0.197. The summed E-state index contributed by atoms with van der Waals surface area (Å²) in [4.78, 5) is 13.9. The highest BCUT2D eigenvalue weighted by molar-refractivity contribution is 5.45. The van der Waals surface area contributed by atoms with Crippen molar-refractivity contribution < 1.29 is 4.74 Å². The van der Waals surface area contributed by atoms with Gasteiger partial charge in [-0.1, -0.05) is 6.92 Å². The van der Waals surface area contributed by atoms with E-state index < -0.39 is 0 Å². The smallest absolute Gasteiger partial charge is 0.224 e. The summed E-state index contributed by atoms with van der Waals surface area (Å²) < 4.78 is 5.05. The molecule has 0 atom stereocenters. The number of nitrogens with one attached hydrogen (secondary N) is 1. The molecule has 1 aromatic rings. The van der Waals surface area contributed by atoms with Crippen LogP contribution in [0, 0.1) is 6.92 Å². The highest BCUT2D eigenvalue weighted by Crippen LogP contribution is 2.16. The summed E-state index contributed by atoms with van der Waals surface area (Å²) in [5.41, 5.74) is 1.01. The number of piperazine rings is 1. The van der Waals surface area contributed by atoms with E-state index in [0.29, 0.717) is 0 Å². The Hall–Kier alpha value is -1.40. The summed E-state index contributed by atoms with van der Waals surface area (Å²) in [7, 11) is 1.72. The van der Waals surface area contributed by atoms with Gasteiger partial charge in [-0.25, -0.2) is 4.98 Å². The van der Waals surface area contributed by atoms with Gasteiger partial charge in [0.05, 0.1) is 0 Å². The number of hydrogen-bond acceptors (Lipinski definition) is 6. The number of rotatable bonds is 7. The molecule has 1 saturated heterocycles.